The summed E-state index contributed by atoms with van der Waals surface area (Å²) in [5.74, 6) is -0.136. The van der Waals surface area contributed by atoms with E-state index in [1.807, 2.05) is 18.2 Å². The minimum Gasteiger partial charge on any atom is -0.448 e. The Labute approximate surface area is 140 Å². The molecular formula is C18H21N3O3. The van der Waals surface area contributed by atoms with Crippen LogP contribution in [0.3, 0.4) is 0 Å². The molecule has 1 aliphatic rings. The minimum atomic E-state index is -0.820. The maximum absolute atomic E-state index is 12.4. The smallest absolute Gasteiger partial charge is 0.359 e. The summed E-state index contributed by atoms with van der Waals surface area (Å²) >= 11 is 0. The van der Waals surface area contributed by atoms with E-state index >= 15 is 0 Å². The lowest BCUT2D eigenvalue weighted by atomic mass is 9.99. The zero-order chi connectivity index (χ0) is 17.1. The third-order valence-corrected chi connectivity index (χ3v) is 4.38. The van der Waals surface area contributed by atoms with Gasteiger partial charge in [-0.15, -0.1) is 0 Å². The van der Waals surface area contributed by atoms with Crippen molar-refractivity contribution in [3.8, 4) is 0 Å². The summed E-state index contributed by atoms with van der Waals surface area (Å²) in [5, 5.41) is 0. The lowest BCUT2D eigenvalue weighted by Crippen LogP contribution is -2.44. The van der Waals surface area contributed by atoms with Gasteiger partial charge in [-0.25, -0.2) is 9.78 Å². The van der Waals surface area contributed by atoms with Crippen LogP contribution in [0.2, 0.25) is 0 Å². The number of ether oxygens (including phenoxy) is 1. The molecule has 0 spiro atoms. The van der Waals surface area contributed by atoms with E-state index in [1.165, 1.54) is 6.20 Å². The fourth-order valence-corrected chi connectivity index (χ4v) is 2.81. The van der Waals surface area contributed by atoms with Crippen molar-refractivity contribution in [1.82, 2.24) is 14.9 Å². The van der Waals surface area contributed by atoms with Crippen LogP contribution in [-0.4, -0.2) is 45.9 Å². The zero-order valence-electron chi connectivity index (χ0n) is 13.9. The molecule has 6 nitrogen and oxygen atoms in total. The first-order valence-corrected chi connectivity index (χ1v) is 8.26. The minimum absolute atomic E-state index is 0.112. The Morgan fingerprint density at radius 1 is 1.21 bits per heavy atom. The van der Waals surface area contributed by atoms with E-state index in [9.17, 15) is 9.59 Å². The summed E-state index contributed by atoms with van der Waals surface area (Å²) in [7, 11) is 0. The first-order valence-electron chi connectivity index (χ1n) is 8.26. The Kier molecular flexibility index (Phi) is 4.74. The van der Waals surface area contributed by atoms with Crippen molar-refractivity contribution in [1.29, 1.82) is 0 Å². The maximum atomic E-state index is 12.4. The van der Waals surface area contributed by atoms with Crippen LogP contribution in [0.25, 0.3) is 11.0 Å². The van der Waals surface area contributed by atoms with E-state index < -0.39 is 12.1 Å². The number of fused-ring (bicyclic) bond motifs is 1. The number of nitrogens with zero attached hydrogens (tertiary/aromatic N) is 3. The fourth-order valence-electron chi connectivity index (χ4n) is 2.81. The Bertz CT molecular complexity index is 754. The number of hydrogen-bond acceptors (Lipinski definition) is 5. The van der Waals surface area contributed by atoms with Crippen molar-refractivity contribution < 1.29 is 14.3 Å². The van der Waals surface area contributed by atoms with Crippen LogP contribution in [0.4, 0.5) is 0 Å². The number of hydrogen-bond donors (Lipinski definition) is 0. The van der Waals surface area contributed by atoms with Crippen molar-refractivity contribution in [2.75, 3.05) is 13.1 Å². The average molecular weight is 327 g/mol. The summed E-state index contributed by atoms with van der Waals surface area (Å²) in [6.07, 6.45) is 2.54. The number of carbonyl (C=O) groups is 2. The largest absolute Gasteiger partial charge is 0.448 e. The molecule has 0 aliphatic carbocycles. The second kappa shape index (κ2) is 6.95. The molecule has 0 saturated carbocycles. The second-order valence-corrected chi connectivity index (χ2v) is 6.30. The highest BCUT2D eigenvalue weighted by atomic mass is 16.5. The monoisotopic (exact) mass is 327 g/mol. The van der Waals surface area contributed by atoms with Gasteiger partial charge in [-0.1, -0.05) is 19.1 Å². The molecule has 24 heavy (non-hydrogen) atoms. The number of esters is 1. The molecule has 1 aromatic heterocycles. The van der Waals surface area contributed by atoms with Crippen LogP contribution in [0, 0.1) is 5.92 Å². The van der Waals surface area contributed by atoms with E-state index in [2.05, 4.69) is 16.9 Å². The summed E-state index contributed by atoms with van der Waals surface area (Å²) < 4.78 is 5.29. The van der Waals surface area contributed by atoms with E-state index in [0.717, 1.165) is 25.9 Å². The molecule has 1 aromatic carbocycles. The van der Waals surface area contributed by atoms with Crippen LogP contribution < -0.4 is 0 Å². The lowest BCUT2D eigenvalue weighted by Gasteiger charge is -2.31. The molecule has 0 radical (unpaired) electrons. The highest BCUT2D eigenvalue weighted by Gasteiger charge is 2.27. The molecule has 2 heterocycles. The molecule has 1 amide bonds. The molecule has 1 unspecified atom stereocenters. The number of benzene rings is 1. The van der Waals surface area contributed by atoms with Crippen LogP contribution >= 0.6 is 0 Å². The van der Waals surface area contributed by atoms with Gasteiger partial charge in [-0.05, 0) is 37.8 Å². The van der Waals surface area contributed by atoms with Gasteiger partial charge in [-0.3, -0.25) is 9.78 Å². The van der Waals surface area contributed by atoms with Crippen molar-refractivity contribution in [3.63, 3.8) is 0 Å². The van der Waals surface area contributed by atoms with Crippen LogP contribution in [0.5, 0.6) is 0 Å². The number of amides is 1. The van der Waals surface area contributed by atoms with E-state index in [4.69, 9.17) is 4.74 Å². The number of carbonyl (C=O) groups excluding carboxylic acids is 2. The molecule has 6 heteroatoms. The molecule has 1 aliphatic heterocycles. The number of likely N-dealkylation sites (tertiary alicyclic amines) is 1. The third kappa shape index (κ3) is 3.53. The first-order chi connectivity index (χ1) is 11.5. The van der Waals surface area contributed by atoms with Crippen molar-refractivity contribution >= 4 is 22.9 Å². The molecule has 0 N–H and O–H groups in total. The van der Waals surface area contributed by atoms with Gasteiger partial charge in [0.1, 0.15) is 0 Å². The fraction of sp³-hybridized carbons (Fsp3) is 0.444. The molecule has 126 valence electrons. The molecule has 1 saturated heterocycles. The van der Waals surface area contributed by atoms with Crippen LogP contribution in [0.15, 0.2) is 30.5 Å². The van der Waals surface area contributed by atoms with Gasteiger partial charge in [0.25, 0.3) is 5.91 Å². The predicted molar refractivity (Wildman–Crippen MR) is 89.4 cm³/mol. The van der Waals surface area contributed by atoms with Gasteiger partial charge >= 0.3 is 5.97 Å². The van der Waals surface area contributed by atoms with Gasteiger partial charge in [-0.2, -0.15) is 0 Å². The maximum Gasteiger partial charge on any atom is 0.359 e. The summed E-state index contributed by atoms with van der Waals surface area (Å²) in [5.41, 5.74) is 1.44. The highest BCUT2D eigenvalue weighted by Crippen LogP contribution is 2.17. The molecule has 1 fully saturated rings. The van der Waals surface area contributed by atoms with Crippen LogP contribution in [0.1, 0.15) is 37.2 Å². The lowest BCUT2D eigenvalue weighted by molar-refractivity contribution is -0.141. The predicted octanol–water partition coefficient (Wildman–Crippen LogP) is 2.43. The molecule has 1 atom stereocenters. The zero-order valence-corrected chi connectivity index (χ0v) is 13.9. The van der Waals surface area contributed by atoms with Crippen molar-refractivity contribution in [2.24, 2.45) is 5.92 Å². The van der Waals surface area contributed by atoms with Gasteiger partial charge in [0.05, 0.1) is 17.2 Å². The van der Waals surface area contributed by atoms with E-state index in [0.29, 0.717) is 17.0 Å². The van der Waals surface area contributed by atoms with Crippen molar-refractivity contribution in [2.45, 2.75) is 32.8 Å². The quantitative estimate of drug-likeness (QED) is 0.810. The van der Waals surface area contributed by atoms with E-state index in [-0.39, 0.29) is 11.6 Å². The highest BCUT2D eigenvalue weighted by molar-refractivity contribution is 5.92. The molecular weight excluding hydrogens is 306 g/mol. The van der Waals surface area contributed by atoms with E-state index in [1.54, 1.807) is 17.9 Å². The number of para-hydroxylation sites is 2. The van der Waals surface area contributed by atoms with Gasteiger partial charge in [0.15, 0.2) is 11.8 Å². The summed E-state index contributed by atoms with van der Waals surface area (Å²) in [4.78, 5) is 34.8. The molecule has 3 rings (SSSR count). The average Bonchev–Trinajstić information content (AvgIpc) is 2.61. The Morgan fingerprint density at radius 2 is 1.88 bits per heavy atom. The Morgan fingerprint density at radius 3 is 2.58 bits per heavy atom. The van der Waals surface area contributed by atoms with Crippen LogP contribution in [-0.2, 0) is 9.53 Å². The standard InChI is InChI=1S/C18H21N3O3/c1-12-7-9-21(10-8-12)17(22)13(2)24-18(23)16-11-19-14-5-3-4-6-15(14)20-16/h3-6,11-13H,7-10H2,1-2H3. The first kappa shape index (κ1) is 16.4. The topological polar surface area (TPSA) is 72.4 Å². The van der Waals surface area contributed by atoms with Gasteiger partial charge in [0.2, 0.25) is 0 Å². The third-order valence-electron chi connectivity index (χ3n) is 4.38. The van der Waals surface area contributed by atoms with Gasteiger partial charge < -0.3 is 9.64 Å². The number of rotatable bonds is 3. The number of aromatic nitrogens is 2. The molecule has 0 bridgehead atoms. The van der Waals surface area contributed by atoms with Crippen molar-refractivity contribution in [3.05, 3.63) is 36.2 Å². The summed E-state index contributed by atoms with van der Waals surface area (Å²) in [6.45, 7) is 5.23. The second-order valence-electron chi connectivity index (χ2n) is 6.30. The Hall–Kier alpha value is -2.50. The Balaban J connectivity index is 1.65. The summed E-state index contributed by atoms with van der Waals surface area (Å²) in [6, 6.07) is 7.29. The normalized spacial score (nSPS) is 16.8. The number of piperidine rings is 1. The van der Waals surface area contributed by atoms with Gasteiger partial charge in [0, 0.05) is 13.1 Å². The molecule has 2 aromatic rings. The SMILES string of the molecule is CC1CCN(C(=O)C(C)OC(=O)c2cnc3ccccc3n2)CC1.